The minimum atomic E-state index is -1.39. The van der Waals surface area contributed by atoms with E-state index in [4.69, 9.17) is 16.0 Å². The fourth-order valence-electron chi connectivity index (χ4n) is 3.14. The van der Waals surface area contributed by atoms with Crippen LogP contribution in [0.2, 0.25) is 0 Å². The number of ether oxygens (including phenoxy) is 1. The third-order valence-corrected chi connectivity index (χ3v) is 4.72. The highest BCUT2D eigenvalue weighted by atomic mass is 16.6. The van der Waals surface area contributed by atoms with Crippen LogP contribution in [0.15, 0.2) is 11.4 Å². The number of rotatable bonds is 5. The molecule has 1 aliphatic heterocycles. The van der Waals surface area contributed by atoms with E-state index in [0.29, 0.717) is 11.2 Å². The Morgan fingerprint density at radius 2 is 2.25 bits per heavy atom. The molecule has 4 atom stereocenters. The molecular formula is C17H22N8O3. The highest BCUT2D eigenvalue weighted by molar-refractivity contribution is 5.82. The Morgan fingerprint density at radius 1 is 1.46 bits per heavy atom. The molecule has 0 aliphatic carbocycles. The zero-order chi connectivity index (χ0) is 20.3. The third-order valence-electron chi connectivity index (χ3n) is 4.72. The van der Waals surface area contributed by atoms with Gasteiger partial charge in [-0.05, 0) is 24.8 Å². The molecule has 148 valence electrons. The van der Waals surface area contributed by atoms with E-state index in [2.05, 4.69) is 43.7 Å². The molecule has 0 bridgehead atoms. The van der Waals surface area contributed by atoms with Crippen molar-refractivity contribution < 1.29 is 14.9 Å². The molecule has 0 amide bonds. The number of nitrogens with two attached hydrogens (primary N) is 1. The lowest BCUT2D eigenvalue weighted by molar-refractivity contribution is -0.123. The van der Waals surface area contributed by atoms with E-state index in [1.165, 1.54) is 10.9 Å². The van der Waals surface area contributed by atoms with Gasteiger partial charge in [0.1, 0.15) is 17.7 Å². The largest absolute Gasteiger partial charge is 0.388 e. The fraction of sp³-hybridized carbons (Fsp3) is 0.588. The minimum Gasteiger partial charge on any atom is -0.388 e. The molecule has 0 aromatic carbocycles. The summed E-state index contributed by atoms with van der Waals surface area (Å²) in [6.07, 6.45) is 0.724. The SMILES string of the molecule is CCCCC#Cc1nc(N)c2ncn([C@]3(C)O[C@H](CN=[N+]=[N-])[C@@H](O)[C@H]3O)c2n1. The molecule has 4 N–H and O–H groups in total. The number of hydrogen-bond acceptors (Lipinski definition) is 8. The molecule has 11 nitrogen and oxygen atoms in total. The Kier molecular flexibility index (Phi) is 5.67. The average molecular weight is 386 g/mol. The van der Waals surface area contributed by atoms with Gasteiger partial charge in [-0.15, -0.1) is 0 Å². The van der Waals surface area contributed by atoms with Crippen LogP contribution in [-0.4, -0.2) is 54.6 Å². The van der Waals surface area contributed by atoms with Crippen molar-refractivity contribution in [2.24, 2.45) is 5.11 Å². The summed E-state index contributed by atoms with van der Waals surface area (Å²) < 4.78 is 7.33. The smallest absolute Gasteiger partial charge is 0.208 e. The highest BCUT2D eigenvalue weighted by Gasteiger charge is 2.52. The van der Waals surface area contributed by atoms with E-state index in [1.54, 1.807) is 6.92 Å². The Bertz CT molecular complexity index is 974. The van der Waals surface area contributed by atoms with E-state index < -0.39 is 24.0 Å². The molecule has 2 aromatic heterocycles. The summed E-state index contributed by atoms with van der Waals surface area (Å²) in [5, 5.41) is 24.3. The first-order valence-corrected chi connectivity index (χ1v) is 8.97. The molecular weight excluding hydrogens is 364 g/mol. The quantitative estimate of drug-likeness (QED) is 0.227. The van der Waals surface area contributed by atoms with Crippen molar-refractivity contribution in [3.63, 3.8) is 0 Å². The number of unbranched alkanes of at least 4 members (excludes halogenated alkanes) is 2. The lowest BCUT2D eigenvalue weighted by atomic mass is 10.0. The van der Waals surface area contributed by atoms with E-state index in [9.17, 15) is 10.2 Å². The molecule has 1 aliphatic rings. The van der Waals surface area contributed by atoms with E-state index in [0.717, 1.165) is 19.3 Å². The first kappa shape index (κ1) is 19.9. The lowest BCUT2D eigenvalue weighted by Gasteiger charge is -2.29. The first-order chi connectivity index (χ1) is 13.4. The van der Waals surface area contributed by atoms with E-state index in [-0.39, 0.29) is 18.2 Å². The number of nitrogen functional groups attached to an aromatic ring is 1. The number of azide groups is 1. The summed E-state index contributed by atoms with van der Waals surface area (Å²) >= 11 is 0. The van der Waals surface area contributed by atoms with Gasteiger partial charge in [0.05, 0.1) is 19.0 Å². The van der Waals surface area contributed by atoms with Crippen LogP contribution in [-0.2, 0) is 10.5 Å². The second-order valence-corrected chi connectivity index (χ2v) is 6.68. The maximum atomic E-state index is 10.6. The lowest BCUT2D eigenvalue weighted by Crippen LogP contribution is -2.43. The van der Waals surface area contributed by atoms with Gasteiger partial charge in [-0.25, -0.2) is 15.0 Å². The van der Waals surface area contributed by atoms with Gasteiger partial charge >= 0.3 is 0 Å². The van der Waals surface area contributed by atoms with Crippen LogP contribution in [0.25, 0.3) is 21.6 Å². The van der Waals surface area contributed by atoms with Crippen molar-refractivity contribution in [1.29, 1.82) is 0 Å². The molecule has 0 radical (unpaired) electrons. The molecule has 2 aromatic rings. The standard InChI is InChI=1S/C17H22N8O3/c1-3-4-5-6-7-11-22-15(18)12-16(23-11)25(9-20-12)17(2)14(27)13(26)10(28-17)8-21-24-19/h9-10,13-14,26-27H,3-5,8H2,1-2H3,(H2,18,22,23)/t10-,13-,14-,17-/m1/s1. The number of aliphatic hydroxyl groups excluding tert-OH is 2. The van der Waals surface area contributed by atoms with Crippen LogP contribution >= 0.6 is 0 Å². The van der Waals surface area contributed by atoms with Crippen molar-refractivity contribution in [2.45, 2.75) is 57.1 Å². The number of anilines is 1. The average Bonchev–Trinajstić information content (AvgIpc) is 3.20. The molecule has 0 unspecified atom stereocenters. The summed E-state index contributed by atoms with van der Waals surface area (Å²) in [6.45, 7) is 3.54. The second-order valence-electron chi connectivity index (χ2n) is 6.68. The van der Waals surface area contributed by atoms with Gasteiger partial charge in [0, 0.05) is 11.3 Å². The molecule has 1 saturated heterocycles. The fourth-order valence-corrected chi connectivity index (χ4v) is 3.14. The van der Waals surface area contributed by atoms with Gasteiger partial charge in [-0.3, -0.25) is 4.57 Å². The summed E-state index contributed by atoms with van der Waals surface area (Å²) in [7, 11) is 0. The number of aliphatic hydroxyl groups is 2. The molecule has 28 heavy (non-hydrogen) atoms. The van der Waals surface area contributed by atoms with E-state index in [1.807, 2.05) is 0 Å². The van der Waals surface area contributed by atoms with Crippen LogP contribution < -0.4 is 5.73 Å². The topological polar surface area (TPSA) is 168 Å². The van der Waals surface area contributed by atoms with Gasteiger partial charge in [0.25, 0.3) is 0 Å². The van der Waals surface area contributed by atoms with Crippen molar-refractivity contribution in [3.8, 4) is 11.8 Å². The van der Waals surface area contributed by atoms with Crippen LogP contribution in [0.3, 0.4) is 0 Å². The van der Waals surface area contributed by atoms with Gasteiger partial charge in [0.15, 0.2) is 17.2 Å². The van der Waals surface area contributed by atoms with Gasteiger partial charge in [-0.1, -0.05) is 24.4 Å². The van der Waals surface area contributed by atoms with Crippen molar-refractivity contribution in [2.75, 3.05) is 12.3 Å². The molecule has 3 heterocycles. The maximum absolute atomic E-state index is 10.6. The molecule has 0 spiro atoms. The summed E-state index contributed by atoms with van der Waals surface area (Å²) in [5.41, 5.74) is 13.8. The zero-order valence-electron chi connectivity index (χ0n) is 15.6. The number of nitrogens with zero attached hydrogens (tertiary/aromatic N) is 7. The van der Waals surface area contributed by atoms with Crippen LogP contribution in [0.4, 0.5) is 5.82 Å². The molecule has 1 fully saturated rings. The summed E-state index contributed by atoms with van der Waals surface area (Å²) in [6, 6.07) is 0. The highest BCUT2D eigenvalue weighted by Crippen LogP contribution is 2.37. The Labute approximate surface area is 161 Å². The number of aromatic nitrogens is 4. The molecule has 0 saturated carbocycles. The van der Waals surface area contributed by atoms with Gasteiger partial charge in [-0.2, -0.15) is 0 Å². The normalized spacial score (nSPS) is 26.6. The van der Waals surface area contributed by atoms with E-state index >= 15 is 0 Å². The molecule has 3 rings (SSSR count). The van der Waals surface area contributed by atoms with Crippen LogP contribution in [0, 0.1) is 11.8 Å². The van der Waals surface area contributed by atoms with Gasteiger partial charge in [0.2, 0.25) is 5.82 Å². The Morgan fingerprint density at radius 3 is 2.96 bits per heavy atom. The summed E-state index contributed by atoms with van der Waals surface area (Å²) in [5.74, 6) is 6.29. The minimum absolute atomic E-state index is 0.123. The summed E-state index contributed by atoms with van der Waals surface area (Å²) in [4.78, 5) is 15.5. The predicted octanol–water partition coefficient (Wildman–Crippen LogP) is 1.05. The monoisotopic (exact) mass is 386 g/mol. The number of fused-ring (bicyclic) bond motifs is 1. The number of hydrogen-bond donors (Lipinski definition) is 3. The van der Waals surface area contributed by atoms with Crippen LogP contribution in [0.1, 0.15) is 38.9 Å². The number of imidazole rings is 1. The van der Waals surface area contributed by atoms with Crippen molar-refractivity contribution >= 4 is 17.0 Å². The van der Waals surface area contributed by atoms with Crippen molar-refractivity contribution in [3.05, 3.63) is 22.6 Å². The first-order valence-electron chi connectivity index (χ1n) is 8.97. The zero-order valence-corrected chi connectivity index (χ0v) is 15.6. The van der Waals surface area contributed by atoms with Gasteiger partial charge < -0.3 is 20.7 Å². The third kappa shape index (κ3) is 3.46. The molecule has 11 heteroatoms. The predicted molar refractivity (Wildman–Crippen MR) is 101 cm³/mol. The Balaban J connectivity index is 2.01. The Hall–Kier alpha value is -2.90. The van der Waals surface area contributed by atoms with Crippen molar-refractivity contribution in [1.82, 2.24) is 19.5 Å². The van der Waals surface area contributed by atoms with Crippen LogP contribution in [0.5, 0.6) is 0 Å². The second kappa shape index (κ2) is 8.00. The maximum Gasteiger partial charge on any atom is 0.208 e.